The minimum Gasteiger partial charge on any atom is -0.479 e. The van der Waals surface area contributed by atoms with Crippen molar-refractivity contribution in [1.82, 2.24) is 19.9 Å². The summed E-state index contributed by atoms with van der Waals surface area (Å²) >= 11 is 0. The van der Waals surface area contributed by atoms with Gasteiger partial charge in [-0.2, -0.15) is 0 Å². The van der Waals surface area contributed by atoms with E-state index < -0.39 is 5.82 Å². The lowest BCUT2D eigenvalue weighted by molar-refractivity contribution is 0.0712. The maximum atomic E-state index is 14.1. The number of fused-ring (bicyclic) bond motifs is 1. The van der Waals surface area contributed by atoms with Crippen molar-refractivity contribution in [3.63, 3.8) is 0 Å². The second-order valence-corrected chi connectivity index (χ2v) is 8.95. The molecule has 1 saturated carbocycles. The fraction of sp³-hybridized carbons (Fsp3) is 0.478. The van der Waals surface area contributed by atoms with Crippen LogP contribution in [0.1, 0.15) is 60.2 Å². The molecule has 5 rings (SSSR count). The first-order chi connectivity index (χ1) is 15.4. The third-order valence-electron chi connectivity index (χ3n) is 6.57. The van der Waals surface area contributed by atoms with E-state index in [-0.39, 0.29) is 23.2 Å². The molecule has 4 heterocycles. The second-order valence-electron chi connectivity index (χ2n) is 8.95. The molecule has 0 spiro atoms. The quantitative estimate of drug-likeness (QED) is 0.641. The van der Waals surface area contributed by atoms with Crippen LogP contribution in [0.3, 0.4) is 0 Å². The standard InChI is InChI=1S/C23H26FN5O3/c1-13-17(18-19(28-23(2)6-7-23)26-12-27-21(18)32-13)22(30)29-8-4-14(5-9-29)15-10-16(24)20(31-3)25-11-15/h10-12,14H,4-9H2,1-3H3,(H,26,27,28). The number of anilines is 1. The van der Waals surface area contributed by atoms with Gasteiger partial charge in [-0.3, -0.25) is 4.79 Å². The molecule has 3 aromatic rings. The minimum absolute atomic E-state index is 0.00429. The van der Waals surface area contributed by atoms with Crippen LogP contribution >= 0.6 is 0 Å². The lowest BCUT2D eigenvalue weighted by atomic mass is 9.90. The third kappa shape index (κ3) is 3.65. The lowest BCUT2D eigenvalue weighted by Gasteiger charge is -2.32. The molecule has 2 fully saturated rings. The Morgan fingerprint density at radius 2 is 2.03 bits per heavy atom. The van der Waals surface area contributed by atoms with Crippen LogP contribution in [0.5, 0.6) is 5.88 Å². The van der Waals surface area contributed by atoms with Crippen LogP contribution in [-0.2, 0) is 0 Å². The Morgan fingerprint density at radius 3 is 2.69 bits per heavy atom. The van der Waals surface area contributed by atoms with Gasteiger partial charge in [0.2, 0.25) is 11.6 Å². The Balaban J connectivity index is 1.36. The number of nitrogens with one attached hydrogen (secondary N) is 1. The van der Waals surface area contributed by atoms with E-state index >= 15 is 0 Å². The van der Waals surface area contributed by atoms with Crippen molar-refractivity contribution in [2.75, 3.05) is 25.5 Å². The van der Waals surface area contributed by atoms with Crippen LogP contribution in [0.25, 0.3) is 11.1 Å². The molecule has 1 amide bonds. The Bertz CT molecular complexity index is 1180. The van der Waals surface area contributed by atoms with Crippen molar-refractivity contribution in [3.8, 4) is 5.88 Å². The van der Waals surface area contributed by atoms with E-state index in [4.69, 9.17) is 9.15 Å². The zero-order chi connectivity index (χ0) is 22.5. The van der Waals surface area contributed by atoms with E-state index in [9.17, 15) is 9.18 Å². The van der Waals surface area contributed by atoms with Crippen molar-refractivity contribution in [2.45, 2.75) is 51.0 Å². The summed E-state index contributed by atoms with van der Waals surface area (Å²) in [6.07, 6.45) is 6.70. The number of nitrogens with zero attached hydrogens (tertiary/aromatic N) is 4. The van der Waals surface area contributed by atoms with Crippen LogP contribution in [0.15, 0.2) is 23.0 Å². The van der Waals surface area contributed by atoms with E-state index in [2.05, 4.69) is 27.2 Å². The number of carbonyl (C=O) groups excluding carboxylic acids is 1. The number of aryl methyl sites for hydroxylation is 1. The Labute approximate surface area is 185 Å². The normalized spacial score (nSPS) is 18.1. The van der Waals surface area contributed by atoms with Gasteiger partial charge in [0.1, 0.15) is 17.9 Å². The number of amides is 1. The largest absolute Gasteiger partial charge is 0.479 e. The molecular formula is C23H26FN5O3. The van der Waals surface area contributed by atoms with Gasteiger partial charge in [-0.25, -0.2) is 19.3 Å². The van der Waals surface area contributed by atoms with E-state index in [0.717, 1.165) is 31.2 Å². The second kappa shape index (κ2) is 7.72. The number of furan rings is 1. The fourth-order valence-corrected chi connectivity index (χ4v) is 4.38. The Hall–Kier alpha value is -3.23. The third-order valence-corrected chi connectivity index (χ3v) is 6.57. The number of halogens is 1. The van der Waals surface area contributed by atoms with Crippen molar-refractivity contribution >= 4 is 22.8 Å². The van der Waals surface area contributed by atoms with Crippen molar-refractivity contribution in [1.29, 1.82) is 0 Å². The van der Waals surface area contributed by atoms with Crippen LogP contribution in [0, 0.1) is 12.7 Å². The molecule has 1 saturated heterocycles. The number of ether oxygens (including phenoxy) is 1. The molecular weight excluding hydrogens is 413 g/mol. The number of likely N-dealkylation sites (tertiary alicyclic amines) is 1. The predicted molar refractivity (Wildman–Crippen MR) is 116 cm³/mol. The summed E-state index contributed by atoms with van der Waals surface area (Å²) in [6.45, 7) is 5.06. The molecule has 3 aromatic heterocycles. The average Bonchev–Trinajstić information content (AvgIpc) is 3.41. The molecule has 8 nitrogen and oxygen atoms in total. The van der Waals surface area contributed by atoms with E-state index in [0.29, 0.717) is 41.3 Å². The zero-order valence-electron chi connectivity index (χ0n) is 18.4. The number of carbonyl (C=O) groups is 1. The number of pyridine rings is 1. The first kappa shape index (κ1) is 20.7. The molecule has 9 heteroatoms. The summed E-state index contributed by atoms with van der Waals surface area (Å²) in [4.78, 5) is 28.0. The zero-order valence-corrected chi connectivity index (χ0v) is 18.4. The topological polar surface area (TPSA) is 93.4 Å². The number of rotatable bonds is 5. The van der Waals surface area contributed by atoms with Crippen LogP contribution in [0.2, 0.25) is 0 Å². The molecule has 0 unspecified atom stereocenters. The first-order valence-corrected chi connectivity index (χ1v) is 10.9. The van der Waals surface area contributed by atoms with Crippen molar-refractivity contribution in [3.05, 3.63) is 41.3 Å². The molecule has 1 aliphatic heterocycles. The predicted octanol–water partition coefficient (Wildman–Crippen LogP) is 4.06. The van der Waals surface area contributed by atoms with Crippen molar-refractivity contribution in [2.24, 2.45) is 0 Å². The molecule has 0 radical (unpaired) electrons. The van der Waals surface area contributed by atoms with Gasteiger partial charge in [-0.15, -0.1) is 0 Å². The molecule has 0 aromatic carbocycles. The van der Waals surface area contributed by atoms with Crippen LogP contribution in [-0.4, -0.2) is 51.5 Å². The van der Waals surface area contributed by atoms with Gasteiger partial charge >= 0.3 is 0 Å². The number of hydrogen-bond donors (Lipinski definition) is 1. The van der Waals surface area contributed by atoms with Gasteiger partial charge in [-0.1, -0.05) is 0 Å². The minimum atomic E-state index is -0.464. The van der Waals surface area contributed by atoms with Gasteiger partial charge in [0.15, 0.2) is 5.82 Å². The summed E-state index contributed by atoms with van der Waals surface area (Å²) in [6, 6.07) is 1.48. The van der Waals surface area contributed by atoms with E-state index in [1.54, 1.807) is 13.1 Å². The van der Waals surface area contributed by atoms with Gasteiger partial charge < -0.3 is 19.4 Å². The maximum absolute atomic E-state index is 14.1. The highest BCUT2D eigenvalue weighted by Crippen LogP contribution is 2.40. The summed E-state index contributed by atoms with van der Waals surface area (Å²) in [7, 11) is 1.40. The summed E-state index contributed by atoms with van der Waals surface area (Å²) in [5.41, 5.74) is 1.77. The number of piperidine rings is 1. The van der Waals surface area contributed by atoms with Gasteiger partial charge in [0.05, 0.1) is 18.1 Å². The average molecular weight is 439 g/mol. The lowest BCUT2D eigenvalue weighted by Crippen LogP contribution is -2.38. The molecule has 2 aliphatic rings. The first-order valence-electron chi connectivity index (χ1n) is 10.9. The SMILES string of the molecule is COc1ncc(C2CCN(C(=O)c3c(C)oc4ncnc(NC5(C)CC5)c34)CC2)cc1F. The van der Waals surface area contributed by atoms with E-state index in [1.807, 2.05) is 4.90 Å². The highest BCUT2D eigenvalue weighted by Gasteiger charge is 2.39. The van der Waals surface area contributed by atoms with Crippen LogP contribution in [0.4, 0.5) is 10.2 Å². The highest BCUT2D eigenvalue weighted by atomic mass is 19.1. The molecule has 168 valence electrons. The molecule has 32 heavy (non-hydrogen) atoms. The number of aromatic nitrogens is 3. The Morgan fingerprint density at radius 1 is 1.28 bits per heavy atom. The van der Waals surface area contributed by atoms with Crippen molar-refractivity contribution < 1.29 is 18.3 Å². The molecule has 1 N–H and O–H groups in total. The molecule has 1 aliphatic carbocycles. The fourth-order valence-electron chi connectivity index (χ4n) is 4.38. The van der Waals surface area contributed by atoms with Crippen LogP contribution < -0.4 is 10.1 Å². The summed E-state index contributed by atoms with van der Waals surface area (Å²) in [5.74, 6) is 0.772. The summed E-state index contributed by atoms with van der Waals surface area (Å²) in [5, 5.41) is 4.10. The van der Waals surface area contributed by atoms with Gasteiger partial charge in [0.25, 0.3) is 5.91 Å². The molecule has 0 atom stereocenters. The maximum Gasteiger partial charge on any atom is 0.258 e. The summed E-state index contributed by atoms with van der Waals surface area (Å²) < 4.78 is 24.8. The smallest absolute Gasteiger partial charge is 0.258 e. The highest BCUT2D eigenvalue weighted by molar-refractivity contribution is 6.10. The van der Waals surface area contributed by atoms with Gasteiger partial charge in [0, 0.05) is 24.8 Å². The number of methoxy groups -OCH3 is 1. The van der Waals surface area contributed by atoms with Gasteiger partial charge in [-0.05, 0) is 57.1 Å². The monoisotopic (exact) mass is 439 g/mol. The van der Waals surface area contributed by atoms with E-state index in [1.165, 1.54) is 19.5 Å². The molecule has 0 bridgehead atoms. The Kier molecular flexibility index (Phi) is 4.98. The number of hydrogen-bond acceptors (Lipinski definition) is 7.